The molecule has 0 spiro atoms. The van der Waals surface area contributed by atoms with E-state index in [0.29, 0.717) is 0 Å². The first kappa shape index (κ1) is 32.8. The van der Waals surface area contributed by atoms with Crippen LogP contribution < -0.4 is 4.90 Å². The van der Waals surface area contributed by atoms with Gasteiger partial charge in [0.05, 0.1) is 5.69 Å². The van der Waals surface area contributed by atoms with Crippen molar-refractivity contribution in [3.8, 4) is 44.5 Å². The summed E-state index contributed by atoms with van der Waals surface area (Å²) in [6, 6.07) is 64.7. The van der Waals surface area contributed by atoms with Crippen molar-refractivity contribution < 1.29 is 4.42 Å². The summed E-state index contributed by atoms with van der Waals surface area (Å²) in [5.74, 6) is 0. The Bertz CT molecular complexity index is 3050. The van der Waals surface area contributed by atoms with Gasteiger partial charge in [0.1, 0.15) is 11.2 Å². The maximum Gasteiger partial charge on any atom is 0.135 e. The summed E-state index contributed by atoms with van der Waals surface area (Å²) in [7, 11) is 0. The van der Waals surface area contributed by atoms with E-state index in [-0.39, 0.29) is 10.8 Å². The normalized spacial score (nSPS) is 14.4. The van der Waals surface area contributed by atoms with Crippen LogP contribution in [0, 0.1) is 0 Å². The lowest BCUT2D eigenvalue weighted by molar-refractivity contribution is 0.660. The van der Waals surface area contributed by atoms with Crippen LogP contribution in [0.5, 0.6) is 0 Å². The van der Waals surface area contributed by atoms with Crippen molar-refractivity contribution >= 4 is 39.0 Å². The fourth-order valence-corrected chi connectivity index (χ4v) is 9.98. The first-order valence-corrected chi connectivity index (χ1v) is 19.7. The Hall–Kier alpha value is -6.64. The van der Waals surface area contributed by atoms with E-state index < -0.39 is 0 Å². The van der Waals surface area contributed by atoms with Crippen molar-refractivity contribution in [3.63, 3.8) is 0 Å². The number of benzene rings is 8. The number of para-hydroxylation sites is 1. The molecular weight excluding hydrogens is 679 g/mol. The Kier molecular flexibility index (Phi) is 6.98. The Morgan fingerprint density at radius 2 is 0.964 bits per heavy atom. The molecule has 2 aliphatic carbocycles. The minimum atomic E-state index is -0.122. The van der Waals surface area contributed by atoms with Crippen LogP contribution in [-0.4, -0.2) is 0 Å². The highest BCUT2D eigenvalue weighted by molar-refractivity contribution is 6.06. The summed E-state index contributed by atoms with van der Waals surface area (Å²) in [6.07, 6.45) is 0. The van der Waals surface area contributed by atoms with Crippen molar-refractivity contribution in [2.45, 2.75) is 38.5 Å². The van der Waals surface area contributed by atoms with E-state index in [9.17, 15) is 0 Å². The van der Waals surface area contributed by atoms with Gasteiger partial charge in [-0.05, 0) is 110 Å². The molecule has 0 unspecified atom stereocenters. The predicted molar refractivity (Wildman–Crippen MR) is 234 cm³/mol. The number of hydrogen-bond acceptors (Lipinski definition) is 2. The first-order valence-electron chi connectivity index (χ1n) is 19.7. The molecular formula is C54H41NO. The monoisotopic (exact) mass is 719 g/mol. The van der Waals surface area contributed by atoms with Crippen molar-refractivity contribution in [3.05, 3.63) is 198 Å². The van der Waals surface area contributed by atoms with Crippen LogP contribution >= 0.6 is 0 Å². The van der Waals surface area contributed by atoms with Crippen LogP contribution in [0.4, 0.5) is 17.1 Å². The molecule has 11 rings (SSSR count). The summed E-state index contributed by atoms with van der Waals surface area (Å²) in [5.41, 5.74) is 20.6. The van der Waals surface area contributed by atoms with Gasteiger partial charge in [0.2, 0.25) is 0 Å². The minimum absolute atomic E-state index is 0.120. The minimum Gasteiger partial charge on any atom is -0.456 e. The second kappa shape index (κ2) is 11.9. The summed E-state index contributed by atoms with van der Waals surface area (Å²) in [4.78, 5) is 2.48. The van der Waals surface area contributed by atoms with E-state index in [2.05, 4.69) is 196 Å². The molecule has 0 fully saturated rings. The fourth-order valence-electron chi connectivity index (χ4n) is 9.98. The maximum absolute atomic E-state index is 6.21. The van der Waals surface area contributed by atoms with E-state index in [1.807, 2.05) is 12.1 Å². The fraction of sp³-hybridized carbons (Fsp3) is 0.111. The summed E-state index contributed by atoms with van der Waals surface area (Å²) >= 11 is 0. The van der Waals surface area contributed by atoms with Crippen LogP contribution in [0.15, 0.2) is 180 Å². The highest BCUT2D eigenvalue weighted by Gasteiger charge is 2.39. The van der Waals surface area contributed by atoms with Crippen LogP contribution in [0.2, 0.25) is 0 Å². The molecule has 2 heteroatoms. The average molecular weight is 720 g/mol. The molecule has 0 aliphatic heterocycles. The summed E-state index contributed by atoms with van der Waals surface area (Å²) < 4.78 is 6.21. The van der Waals surface area contributed by atoms with Gasteiger partial charge in [0.15, 0.2) is 0 Å². The molecule has 0 saturated carbocycles. The van der Waals surface area contributed by atoms with Crippen LogP contribution in [0.25, 0.3) is 66.4 Å². The van der Waals surface area contributed by atoms with Crippen LogP contribution in [0.1, 0.15) is 49.9 Å². The Balaban J connectivity index is 1.12. The second-order valence-electron chi connectivity index (χ2n) is 16.5. The molecule has 0 radical (unpaired) electrons. The summed E-state index contributed by atoms with van der Waals surface area (Å²) in [6.45, 7) is 9.47. The molecule has 2 aliphatic rings. The number of furan rings is 1. The zero-order valence-electron chi connectivity index (χ0n) is 32.1. The quantitative estimate of drug-likeness (QED) is 0.176. The Labute approximate surface area is 328 Å². The van der Waals surface area contributed by atoms with Gasteiger partial charge >= 0.3 is 0 Å². The van der Waals surface area contributed by atoms with Crippen molar-refractivity contribution in [1.29, 1.82) is 0 Å². The molecule has 1 heterocycles. The third-order valence-electron chi connectivity index (χ3n) is 12.6. The molecule has 1 aromatic heterocycles. The summed E-state index contributed by atoms with van der Waals surface area (Å²) in [5, 5.41) is 2.27. The van der Waals surface area contributed by atoms with E-state index in [0.717, 1.165) is 44.4 Å². The molecule has 56 heavy (non-hydrogen) atoms. The lowest BCUT2D eigenvalue weighted by Crippen LogP contribution is -2.16. The number of hydrogen-bond donors (Lipinski definition) is 0. The SMILES string of the molecule is CC1(C)c2ccccc2-c2c(N(c3cccc(-c4ccc5oc6ccccc6c5c4)c3)c3cccc(-c4cccc5c4C(C)(C)c4ccccc4-5)c3)cccc21. The molecule has 0 amide bonds. The first-order chi connectivity index (χ1) is 27.3. The highest BCUT2D eigenvalue weighted by Crippen LogP contribution is 2.55. The lowest BCUT2D eigenvalue weighted by Gasteiger charge is -2.30. The van der Waals surface area contributed by atoms with E-state index in [4.69, 9.17) is 4.42 Å². The molecule has 268 valence electrons. The van der Waals surface area contributed by atoms with E-state index in [1.165, 1.54) is 61.3 Å². The topological polar surface area (TPSA) is 16.4 Å². The number of anilines is 3. The van der Waals surface area contributed by atoms with Crippen molar-refractivity contribution in [2.75, 3.05) is 4.90 Å². The van der Waals surface area contributed by atoms with Crippen LogP contribution in [0.3, 0.4) is 0 Å². The smallest absolute Gasteiger partial charge is 0.135 e. The second-order valence-corrected chi connectivity index (χ2v) is 16.5. The molecule has 8 aromatic carbocycles. The van der Waals surface area contributed by atoms with Gasteiger partial charge in [-0.3, -0.25) is 0 Å². The molecule has 0 bridgehead atoms. The third-order valence-corrected chi connectivity index (χ3v) is 12.6. The highest BCUT2D eigenvalue weighted by atomic mass is 16.3. The van der Waals surface area contributed by atoms with Crippen molar-refractivity contribution in [2.24, 2.45) is 0 Å². The zero-order valence-corrected chi connectivity index (χ0v) is 32.1. The average Bonchev–Trinajstić information content (AvgIpc) is 3.81. The predicted octanol–water partition coefficient (Wildman–Crippen LogP) is 15.0. The van der Waals surface area contributed by atoms with Gasteiger partial charge < -0.3 is 9.32 Å². The van der Waals surface area contributed by atoms with Gasteiger partial charge in [-0.15, -0.1) is 0 Å². The maximum atomic E-state index is 6.21. The lowest BCUT2D eigenvalue weighted by atomic mass is 9.79. The molecule has 0 atom stereocenters. The molecule has 9 aromatic rings. The van der Waals surface area contributed by atoms with Crippen LogP contribution in [-0.2, 0) is 10.8 Å². The van der Waals surface area contributed by atoms with Crippen molar-refractivity contribution in [1.82, 2.24) is 0 Å². The zero-order chi connectivity index (χ0) is 37.8. The van der Waals surface area contributed by atoms with Gasteiger partial charge in [0.25, 0.3) is 0 Å². The third kappa shape index (κ3) is 4.69. The standard InChI is InChI=1S/C54H41NO/c1-53(2)46-25-9-6-21-43(46)51-47(53)26-14-27-48(51)55(37-17-11-15-34(31-37)35-29-30-50-44(33-35)41-20-7-10-28-49(41)56-50)38-18-12-16-36(32-38)39-22-13-23-42-40-19-5-8-24-45(40)54(3,4)52(39)42/h5-33H,1-4H3. The van der Waals surface area contributed by atoms with Gasteiger partial charge in [-0.1, -0.05) is 155 Å². The van der Waals surface area contributed by atoms with Gasteiger partial charge in [0, 0.05) is 38.5 Å². The Morgan fingerprint density at radius 3 is 1.79 bits per heavy atom. The number of fused-ring (bicyclic) bond motifs is 9. The van der Waals surface area contributed by atoms with Gasteiger partial charge in [-0.25, -0.2) is 0 Å². The van der Waals surface area contributed by atoms with E-state index >= 15 is 0 Å². The van der Waals surface area contributed by atoms with E-state index in [1.54, 1.807) is 0 Å². The van der Waals surface area contributed by atoms with Gasteiger partial charge in [-0.2, -0.15) is 0 Å². The molecule has 0 N–H and O–H groups in total. The number of rotatable bonds is 5. The largest absolute Gasteiger partial charge is 0.456 e. The molecule has 2 nitrogen and oxygen atoms in total. The molecule has 0 saturated heterocycles. The Morgan fingerprint density at radius 1 is 0.393 bits per heavy atom. The number of nitrogens with zero attached hydrogens (tertiary/aromatic N) is 1.